The highest BCUT2D eigenvalue weighted by molar-refractivity contribution is 6.38. The van der Waals surface area contributed by atoms with Gasteiger partial charge in [-0.1, -0.05) is 23.7 Å². The molecule has 9 nitrogen and oxygen atoms in total. The second kappa shape index (κ2) is 13.8. The number of piperazine rings is 1. The van der Waals surface area contributed by atoms with E-state index in [4.69, 9.17) is 21.1 Å². The zero-order valence-corrected chi connectivity index (χ0v) is 26.2. The fraction of sp³-hybridized carbons (Fsp3) is 0.531. The van der Waals surface area contributed by atoms with Crippen molar-refractivity contribution in [1.29, 1.82) is 0 Å². The molecule has 2 aliphatic heterocycles. The van der Waals surface area contributed by atoms with E-state index in [0.29, 0.717) is 60.0 Å². The van der Waals surface area contributed by atoms with Crippen molar-refractivity contribution in [2.45, 2.75) is 64.6 Å². The van der Waals surface area contributed by atoms with E-state index in [2.05, 4.69) is 14.9 Å². The molecule has 2 amide bonds. The number of piperidine rings is 1. The van der Waals surface area contributed by atoms with Crippen molar-refractivity contribution in [2.75, 3.05) is 50.8 Å². The molecule has 2 aromatic heterocycles. The van der Waals surface area contributed by atoms with Crippen LogP contribution in [0.1, 0.15) is 45.6 Å². The van der Waals surface area contributed by atoms with Gasteiger partial charge in [-0.3, -0.25) is 9.69 Å². The van der Waals surface area contributed by atoms with Crippen LogP contribution in [0.5, 0.6) is 0 Å². The number of hydrogen-bond acceptors (Lipinski definition) is 6. The zero-order valence-electron chi connectivity index (χ0n) is 25.5. The summed E-state index contributed by atoms with van der Waals surface area (Å²) in [6, 6.07) is 7.51. The van der Waals surface area contributed by atoms with E-state index in [1.54, 1.807) is 16.0 Å². The first-order valence-corrected chi connectivity index (χ1v) is 15.5. The Morgan fingerprint density at radius 2 is 1.95 bits per heavy atom. The molecule has 0 spiro atoms. The van der Waals surface area contributed by atoms with E-state index in [9.17, 15) is 18.4 Å². The molecule has 5 rings (SSSR count). The Bertz CT molecular complexity index is 1470. The van der Waals surface area contributed by atoms with Crippen molar-refractivity contribution < 1.29 is 27.8 Å². The first-order chi connectivity index (χ1) is 21.0. The summed E-state index contributed by atoms with van der Waals surface area (Å²) in [5.74, 6) is 0.00774. The van der Waals surface area contributed by atoms with Crippen molar-refractivity contribution in [3.8, 4) is 11.1 Å². The minimum absolute atomic E-state index is 0.00774. The largest absolute Gasteiger partial charge is 0.444 e. The Morgan fingerprint density at radius 3 is 2.66 bits per heavy atom. The van der Waals surface area contributed by atoms with Crippen molar-refractivity contribution >= 4 is 40.3 Å². The van der Waals surface area contributed by atoms with Crippen LogP contribution >= 0.6 is 11.6 Å². The number of fused-ring (bicyclic) bond motifs is 1. The maximum absolute atomic E-state index is 13.2. The van der Waals surface area contributed by atoms with Gasteiger partial charge in [-0.2, -0.15) is 0 Å². The topological polar surface area (TPSA) is 91.0 Å². The quantitative estimate of drug-likeness (QED) is 0.285. The number of halogens is 3. The van der Waals surface area contributed by atoms with Crippen LogP contribution in [0.2, 0.25) is 5.02 Å². The average molecular weight is 632 g/mol. The van der Waals surface area contributed by atoms with Crippen LogP contribution in [0.25, 0.3) is 22.2 Å². The maximum atomic E-state index is 13.2. The van der Waals surface area contributed by atoms with Crippen LogP contribution in [0.15, 0.2) is 36.7 Å². The molecule has 1 N–H and O–H groups in total. The van der Waals surface area contributed by atoms with Gasteiger partial charge in [-0.05, 0) is 63.3 Å². The summed E-state index contributed by atoms with van der Waals surface area (Å²) in [5.41, 5.74) is 2.52. The molecule has 2 aliphatic rings. The predicted molar refractivity (Wildman–Crippen MR) is 166 cm³/mol. The summed E-state index contributed by atoms with van der Waals surface area (Å²) in [6.07, 6.45) is 2.48. The monoisotopic (exact) mass is 631 g/mol. The lowest BCUT2D eigenvalue weighted by Gasteiger charge is -2.35. The van der Waals surface area contributed by atoms with Crippen molar-refractivity contribution in [2.24, 2.45) is 0 Å². The number of aromatic amines is 1. The number of carbonyl (C=O) groups is 2. The molecule has 3 aromatic rings. The first kappa shape index (κ1) is 32.1. The fourth-order valence-corrected chi connectivity index (χ4v) is 6.11. The molecular weight excluding hydrogens is 592 g/mol. The highest BCUT2D eigenvalue weighted by Crippen LogP contribution is 2.37. The third kappa shape index (κ3) is 7.86. The lowest BCUT2D eigenvalue weighted by molar-refractivity contribution is -0.121. The van der Waals surface area contributed by atoms with Gasteiger partial charge in [0, 0.05) is 74.8 Å². The number of pyridine rings is 1. The van der Waals surface area contributed by atoms with Crippen LogP contribution in [-0.4, -0.2) is 95.8 Å². The molecular formula is C32H40ClF2N5O4. The smallest absolute Gasteiger partial charge is 0.410 e. The molecule has 0 saturated carbocycles. The average Bonchev–Trinajstić information content (AvgIpc) is 3.38. The highest BCUT2D eigenvalue weighted by Gasteiger charge is 2.28. The van der Waals surface area contributed by atoms with Gasteiger partial charge in [0.2, 0.25) is 12.3 Å². The molecule has 44 heavy (non-hydrogen) atoms. The van der Waals surface area contributed by atoms with E-state index in [1.165, 1.54) is 6.20 Å². The third-order valence-corrected chi connectivity index (χ3v) is 8.32. The number of nitrogens with zero attached hydrogens (tertiary/aromatic N) is 4. The Hall–Kier alpha value is -3.28. The van der Waals surface area contributed by atoms with Gasteiger partial charge in [-0.15, -0.1) is 0 Å². The Labute approximate surface area is 261 Å². The lowest BCUT2D eigenvalue weighted by Crippen LogP contribution is -2.50. The molecule has 0 aliphatic carbocycles. The Kier molecular flexibility index (Phi) is 10.1. The maximum Gasteiger partial charge on any atom is 0.410 e. The molecule has 0 bridgehead atoms. The Morgan fingerprint density at radius 1 is 1.18 bits per heavy atom. The highest BCUT2D eigenvalue weighted by atomic mass is 35.5. The first-order valence-electron chi connectivity index (χ1n) is 15.1. The second-order valence-electron chi connectivity index (χ2n) is 12.4. The third-order valence-electron chi connectivity index (χ3n) is 7.93. The molecule has 2 fully saturated rings. The van der Waals surface area contributed by atoms with Gasteiger partial charge < -0.3 is 24.3 Å². The molecule has 0 radical (unpaired) electrons. The number of carbonyl (C=O) groups excluding carboxylic acids is 2. The molecule has 1 aromatic carbocycles. The minimum Gasteiger partial charge on any atom is -0.444 e. The number of aromatic nitrogens is 2. The number of alkyl halides is 2. The number of rotatable bonds is 9. The van der Waals surface area contributed by atoms with E-state index >= 15 is 0 Å². The molecule has 4 heterocycles. The number of H-pyrrole nitrogens is 1. The van der Waals surface area contributed by atoms with Crippen LogP contribution in [0, 0.1) is 0 Å². The van der Waals surface area contributed by atoms with Gasteiger partial charge >= 0.3 is 6.09 Å². The number of likely N-dealkylation sites (tertiary alicyclic amines) is 1. The summed E-state index contributed by atoms with van der Waals surface area (Å²) >= 11 is 6.72. The van der Waals surface area contributed by atoms with Crippen LogP contribution in [-0.2, 0) is 20.7 Å². The van der Waals surface area contributed by atoms with Gasteiger partial charge in [0.15, 0.2) is 0 Å². The van der Waals surface area contributed by atoms with Crippen molar-refractivity contribution in [3.63, 3.8) is 0 Å². The number of ether oxygens (including phenoxy) is 2. The summed E-state index contributed by atoms with van der Waals surface area (Å²) in [4.78, 5) is 38.4. The van der Waals surface area contributed by atoms with E-state index in [-0.39, 0.29) is 18.1 Å². The van der Waals surface area contributed by atoms with Crippen LogP contribution < -0.4 is 4.90 Å². The second-order valence-corrected chi connectivity index (χ2v) is 12.8. The van der Waals surface area contributed by atoms with Gasteiger partial charge in [0.1, 0.15) is 11.2 Å². The normalized spacial score (nSPS) is 17.2. The van der Waals surface area contributed by atoms with Crippen molar-refractivity contribution in [1.82, 2.24) is 19.8 Å². The summed E-state index contributed by atoms with van der Waals surface area (Å²) in [7, 11) is 0. The molecule has 0 atom stereocenters. The molecule has 12 heteroatoms. The summed E-state index contributed by atoms with van der Waals surface area (Å²) in [5, 5.41) is 0.853. The van der Waals surface area contributed by atoms with E-state index in [1.807, 2.05) is 45.0 Å². The molecule has 2 saturated heterocycles. The van der Waals surface area contributed by atoms with Gasteiger partial charge in [0.25, 0.3) is 0 Å². The zero-order chi connectivity index (χ0) is 31.4. The number of nitrogens with one attached hydrogen (secondary N) is 1. The Balaban J connectivity index is 1.10. The fourth-order valence-electron chi connectivity index (χ4n) is 5.74. The van der Waals surface area contributed by atoms with Gasteiger partial charge in [0.05, 0.1) is 17.7 Å². The standard InChI is InChI=1S/C32H40ClF2N5O4/c1-32(2,3)44-31(42)39-11-8-24(9-12-39)43-15-5-10-38-13-14-40(27(41)20-38)23-7-4-6-21(16-23)25-19-37-30-28(29(25)33)22(18-36-30)17-26(34)35/h4,6-7,16,18-19,24,26H,5,8-15,17,20H2,1-3H3,(H,36,37). The number of hydrogen-bond donors (Lipinski definition) is 1. The molecule has 238 valence electrons. The van der Waals surface area contributed by atoms with Gasteiger partial charge in [-0.25, -0.2) is 18.6 Å². The van der Waals surface area contributed by atoms with Crippen LogP contribution in [0.4, 0.5) is 19.3 Å². The van der Waals surface area contributed by atoms with E-state index < -0.39 is 18.4 Å². The lowest BCUT2D eigenvalue weighted by atomic mass is 10.0. The molecule has 0 unspecified atom stereocenters. The number of benzene rings is 1. The number of anilines is 1. The van der Waals surface area contributed by atoms with Crippen molar-refractivity contribution in [3.05, 3.63) is 47.2 Å². The minimum atomic E-state index is -2.50. The van der Waals surface area contributed by atoms with Crippen LogP contribution in [0.3, 0.4) is 0 Å². The number of amides is 2. The predicted octanol–water partition coefficient (Wildman–Crippen LogP) is 6.15. The SMILES string of the molecule is CC(C)(C)OC(=O)N1CCC(OCCCN2CCN(c3cccc(-c4cnc5[nH]cc(CC(F)F)c5c4Cl)c3)C(=O)C2)CC1. The summed E-state index contributed by atoms with van der Waals surface area (Å²) in [6.45, 7) is 9.81. The van der Waals surface area contributed by atoms with E-state index in [0.717, 1.165) is 43.6 Å². The summed E-state index contributed by atoms with van der Waals surface area (Å²) < 4.78 is 37.7.